The summed E-state index contributed by atoms with van der Waals surface area (Å²) in [5, 5.41) is 15.2. The first-order valence-electron chi connectivity index (χ1n) is 21.4. The zero-order valence-corrected chi connectivity index (χ0v) is 36.1. The third kappa shape index (κ3) is 7.12. The smallest absolute Gasteiger partial charge is 0.149 e. The Morgan fingerprint density at radius 3 is 1.76 bits per heavy atom. The molecule has 2 heterocycles. The molecule has 0 spiro atoms. The molecule has 0 amide bonds. The number of hydrogen-bond donors (Lipinski definition) is 1. The first-order valence-corrected chi connectivity index (χ1v) is 21.4. The fourth-order valence-electron chi connectivity index (χ4n) is 8.73. The van der Waals surface area contributed by atoms with Crippen molar-refractivity contribution < 1.29 is 5.11 Å². The molecule has 0 unspecified atom stereocenters. The number of benzene rings is 8. The van der Waals surface area contributed by atoms with Gasteiger partial charge in [0.05, 0.1) is 22.1 Å². The van der Waals surface area contributed by atoms with E-state index in [1.807, 2.05) is 24.4 Å². The summed E-state index contributed by atoms with van der Waals surface area (Å²) < 4.78 is 2.24. The first kappa shape index (κ1) is 38.9. The van der Waals surface area contributed by atoms with E-state index in [0.717, 1.165) is 77.7 Å². The highest BCUT2D eigenvalue weighted by Crippen LogP contribution is 2.43. The fraction of sp³-hybridized carbons (Fsp3) is 0.138. The number of pyridine rings is 1. The highest BCUT2D eigenvalue weighted by molar-refractivity contribution is 6.02. The van der Waals surface area contributed by atoms with E-state index in [1.54, 1.807) is 0 Å². The number of aromatic hydroxyl groups is 1. The molecule has 0 atom stereocenters. The number of aromatic nitrogens is 3. The molecule has 0 fully saturated rings. The highest BCUT2D eigenvalue weighted by atomic mass is 16.3. The summed E-state index contributed by atoms with van der Waals surface area (Å²) in [7, 11) is 0. The number of phenolic OH excluding ortho intramolecular Hbond substituents is 1. The average molecular weight is 804 g/mol. The van der Waals surface area contributed by atoms with E-state index in [2.05, 4.69) is 204 Å². The second-order valence-electron chi connectivity index (χ2n) is 18.5. The maximum Gasteiger partial charge on any atom is 0.149 e. The SMILES string of the molecule is CC(C)(C)c1ccc(-n2c(-c3cc(C(C)(C)C)ccc3O)nc3c(-c4cccc(-c5cc(-c6ccccc6)cc6cccnc56)c4)cc(-c4ccc5ccccc5c4)cc32)cc1. The van der Waals surface area contributed by atoms with Crippen molar-refractivity contribution in [3.05, 3.63) is 193 Å². The largest absolute Gasteiger partial charge is 0.507 e. The van der Waals surface area contributed by atoms with Crippen LogP contribution in [0.15, 0.2) is 182 Å². The van der Waals surface area contributed by atoms with Gasteiger partial charge in [-0.15, -0.1) is 0 Å². The minimum atomic E-state index is -0.140. The van der Waals surface area contributed by atoms with Crippen LogP contribution >= 0.6 is 0 Å². The normalized spacial score (nSPS) is 12.1. The van der Waals surface area contributed by atoms with Crippen molar-refractivity contribution >= 4 is 32.7 Å². The average Bonchev–Trinajstić information content (AvgIpc) is 3.67. The summed E-state index contributed by atoms with van der Waals surface area (Å²) in [5.74, 6) is 0.878. The van der Waals surface area contributed by atoms with Crippen LogP contribution in [0.4, 0.5) is 0 Å². The number of hydrogen-bond acceptors (Lipinski definition) is 3. The molecule has 2 aromatic heterocycles. The van der Waals surface area contributed by atoms with Gasteiger partial charge in [-0.1, -0.05) is 151 Å². The standard InChI is InChI=1S/C58H49N3O/c1-57(2,3)46-23-26-48(27-24-46)61-52-35-45(40-22-21-38-16-10-11-17-39(38)30-40)34-50(55(52)60-56(61)51-36-47(58(4,5)6)25-28-53(51)62)42-19-12-18-41(31-42)49-33-44(37-14-8-7-9-15-37)32-43-20-13-29-59-54(43)49/h7-36,62H,1-6H3. The molecule has 0 aliphatic carbocycles. The summed E-state index contributed by atoms with van der Waals surface area (Å²) in [5.41, 5.74) is 15.3. The van der Waals surface area contributed by atoms with Crippen LogP contribution in [0.1, 0.15) is 52.7 Å². The molecule has 62 heavy (non-hydrogen) atoms. The van der Waals surface area contributed by atoms with E-state index in [1.165, 1.54) is 16.3 Å². The third-order valence-corrected chi connectivity index (χ3v) is 12.2. The molecule has 0 radical (unpaired) electrons. The predicted molar refractivity (Wildman–Crippen MR) is 260 cm³/mol. The van der Waals surface area contributed by atoms with Crippen LogP contribution in [0.2, 0.25) is 0 Å². The molecule has 0 aliphatic rings. The fourth-order valence-corrected chi connectivity index (χ4v) is 8.73. The number of fused-ring (bicyclic) bond motifs is 3. The predicted octanol–water partition coefficient (Wildman–Crippen LogP) is 15.4. The van der Waals surface area contributed by atoms with Gasteiger partial charge in [0.15, 0.2) is 0 Å². The van der Waals surface area contributed by atoms with Crippen molar-refractivity contribution in [3.8, 4) is 67.3 Å². The zero-order chi connectivity index (χ0) is 42.8. The van der Waals surface area contributed by atoms with Crippen molar-refractivity contribution in [2.45, 2.75) is 52.4 Å². The maximum atomic E-state index is 11.7. The van der Waals surface area contributed by atoms with Gasteiger partial charge in [-0.05, 0) is 133 Å². The lowest BCUT2D eigenvalue weighted by atomic mass is 9.86. The zero-order valence-electron chi connectivity index (χ0n) is 36.1. The number of phenols is 1. The van der Waals surface area contributed by atoms with Gasteiger partial charge in [0, 0.05) is 28.4 Å². The van der Waals surface area contributed by atoms with Crippen LogP contribution in [0.25, 0.3) is 94.3 Å². The van der Waals surface area contributed by atoms with Gasteiger partial charge in [0.1, 0.15) is 11.6 Å². The van der Waals surface area contributed by atoms with Crippen LogP contribution in [-0.4, -0.2) is 19.6 Å². The number of nitrogens with zero attached hydrogens (tertiary/aromatic N) is 3. The summed E-state index contributed by atoms with van der Waals surface area (Å²) in [6.45, 7) is 13.3. The van der Waals surface area contributed by atoms with Gasteiger partial charge in [-0.3, -0.25) is 9.55 Å². The van der Waals surface area contributed by atoms with E-state index >= 15 is 0 Å². The quantitative estimate of drug-likeness (QED) is 0.182. The summed E-state index contributed by atoms with van der Waals surface area (Å²) in [6.07, 6.45) is 1.88. The van der Waals surface area contributed by atoms with Gasteiger partial charge >= 0.3 is 0 Å². The molecule has 302 valence electrons. The van der Waals surface area contributed by atoms with E-state index in [-0.39, 0.29) is 16.6 Å². The van der Waals surface area contributed by atoms with E-state index in [9.17, 15) is 5.11 Å². The molecule has 10 rings (SSSR count). The molecular weight excluding hydrogens is 755 g/mol. The monoisotopic (exact) mass is 803 g/mol. The molecular formula is C58H49N3O. The molecule has 4 heteroatoms. The lowest BCUT2D eigenvalue weighted by molar-refractivity contribution is 0.475. The molecule has 1 N–H and O–H groups in total. The molecule has 0 saturated carbocycles. The number of imidazole rings is 1. The number of rotatable bonds is 6. The highest BCUT2D eigenvalue weighted by Gasteiger charge is 2.25. The second kappa shape index (κ2) is 15.0. The third-order valence-electron chi connectivity index (χ3n) is 12.2. The molecule has 8 aromatic carbocycles. The topological polar surface area (TPSA) is 50.9 Å². The van der Waals surface area contributed by atoms with Crippen LogP contribution in [0.5, 0.6) is 5.75 Å². The van der Waals surface area contributed by atoms with Gasteiger partial charge in [0.25, 0.3) is 0 Å². The summed E-state index contributed by atoms with van der Waals surface area (Å²) in [4.78, 5) is 10.5. The lowest BCUT2D eigenvalue weighted by Crippen LogP contribution is -2.11. The van der Waals surface area contributed by atoms with Crippen molar-refractivity contribution in [3.63, 3.8) is 0 Å². The summed E-state index contributed by atoms with van der Waals surface area (Å²) >= 11 is 0. The Morgan fingerprint density at radius 2 is 1.03 bits per heavy atom. The molecule has 0 aliphatic heterocycles. The maximum absolute atomic E-state index is 11.7. The second-order valence-corrected chi connectivity index (χ2v) is 18.5. The van der Waals surface area contributed by atoms with Gasteiger partial charge in [-0.2, -0.15) is 0 Å². The van der Waals surface area contributed by atoms with E-state index in [4.69, 9.17) is 9.97 Å². The minimum absolute atomic E-state index is 0.0133. The van der Waals surface area contributed by atoms with Crippen LogP contribution in [0, 0.1) is 0 Å². The lowest BCUT2D eigenvalue weighted by Gasteiger charge is -2.21. The first-order chi connectivity index (χ1) is 29.9. The van der Waals surface area contributed by atoms with Crippen molar-refractivity contribution in [1.29, 1.82) is 0 Å². The molecule has 0 bridgehead atoms. The Hall–Kier alpha value is -7.30. The Balaban J connectivity index is 1.27. The Morgan fingerprint density at radius 1 is 0.419 bits per heavy atom. The van der Waals surface area contributed by atoms with Crippen LogP contribution in [0.3, 0.4) is 0 Å². The van der Waals surface area contributed by atoms with Gasteiger partial charge < -0.3 is 5.11 Å². The molecule has 10 aromatic rings. The van der Waals surface area contributed by atoms with Gasteiger partial charge in [0.2, 0.25) is 0 Å². The van der Waals surface area contributed by atoms with E-state index in [0.29, 0.717) is 11.4 Å². The molecule has 4 nitrogen and oxygen atoms in total. The van der Waals surface area contributed by atoms with Crippen LogP contribution in [-0.2, 0) is 10.8 Å². The summed E-state index contributed by atoms with van der Waals surface area (Å²) in [6, 6.07) is 62.5. The van der Waals surface area contributed by atoms with Gasteiger partial charge in [-0.25, -0.2) is 4.98 Å². The van der Waals surface area contributed by atoms with Crippen molar-refractivity contribution in [1.82, 2.24) is 14.5 Å². The van der Waals surface area contributed by atoms with Crippen molar-refractivity contribution in [2.75, 3.05) is 0 Å². The van der Waals surface area contributed by atoms with Crippen LogP contribution < -0.4 is 0 Å². The van der Waals surface area contributed by atoms with E-state index < -0.39 is 0 Å². The Kier molecular flexibility index (Phi) is 9.41. The molecule has 0 saturated heterocycles. The minimum Gasteiger partial charge on any atom is -0.507 e. The Bertz CT molecular complexity index is 3310. The Labute approximate surface area is 363 Å². The van der Waals surface area contributed by atoms with Crippen molar-refractivity contribution in [2.24, 2.45) is 0 Å².